The van der Waals surface area contributed by atoms with Crippen molar-refractivity contribution in [2.75, 3.05) is 13.7 Å². The van der Waals surface area contributed by atoms with Crippen molar-refractivity contribution in [3.63, 3.8) is 0 Å². The molecule has 0 aliphatic rings. The Morgan fingerprint density at radius 1 is 1.14 bits per heavy atom. The summed E-state index contributed by atoms with van der Waals surface area (Å²) in [5.74, 6) is 0.585. The second-order valence-corrected chi connectivity index (χ2v) is 6.40. The average Bonchev–Trinajstić information content (AvgIpc) is 2.74. The molecule has 2 aromatic rings. The Morgan fingerprint density at radius 3 is 2.55 bits per heavy atom. The number of benzene rings is 2. The minimum Gasteiger partial charge on any atom is -0.497 e. The van der Waals surface area contributed by atoms with Crippen molar-refractivity contribution in [3.05, 3.63) is 59.7 Å². The maximum absolute atomic E-state index is 12.2. The first-order chi connectivity index (χ1) is 14.0. The van der Waals surface area contributed by atoms with Gasteiger partial charge in [-0.3, -0.25) is 9.59 Å². The summed E-state index contributed by atoms with van der Waals surface area (Å²) in [6.07, 6.45) is 3.54. The lowest BCUT2D eigenvalue weighted by Gasteiger charge is -2.12. The maximum Gasteiger partial charge on any atom is 0.262 e. The third-order valence-electron chi connectivity index (χ3n) is 4.15. The van der Waals surface area contributed by atoms with Crippen molar-refractivity contribution in [2.24, 2.45) is 5.10 Å². The first-order valence-corrected chi connectivity index (χ1v) is 9.54. The molecule has 2 amide bonds. The van der Waals surface area contributed by atoms with Crippen LogP contribution in [-0.2, 0) is 4.79 Å². The highest BCUT2D eigenvalue weighted by molar-refractivity contribution is 5.97. The zero-order valence-electron chi connectivity index (χ0n) is 17.0. The zero-order valence-corrected chi connectivity index (χ0v) is 17.0. The predicted octanol–water partition coefficient (Wildman–Crippen LogP) is 3.14. The minimum atomic E-state index is -0.752. The molecule has 1 unspecified atom stereocenters. The molecule has 0 bridgehead atoms. The van der Waals surface area contributed by atoms with Gasteiger partial charge >= 0.3 is 0 Å². The van der Waals surface area contributed by atoms with Gasteiger partial charge in [0.05, 0.1) is 19.9 Å². The molecule has 29 heavy (non-hydrogen) atoms. The summed E-state index contributed by atoms with van der Waals surface area (Å²) in [4.78, 5) is 24.4. The van der Waals surface area contributed by atoms with Crippen LogP contribution in [0.25, 0.3) is 0 Å². The fraction of sp³-hybridized carbons (Fsp3) is 0.318. The van der Waals surface area contributed by atoms with Crippen molar-refractivity contribution in [1.82, 2.24) is 10.7 Å². The van der Waals surface area contributed by atoms with E-state index in [0.717, 1.165) is 18.4 Å². The van der Waals surface area contributed by atoms with E-state index >= 15 is 0 Å². The van der Waals surface area contributed by atoms with Crippen molar-refractivity contribution in [1.29, 1.82) is 0 Å². The van der Waals surface area contributed by atoms with Gasteiger partial charge in [-0.2, -0.15) is 5.10 Å². The Balaban J connectivity index is 1.88. The standard InChI is InChI=1S/C22H27N3O4/c1-4-5-14-29-20-9-7-6-8-18(20)15-23-25-21(26)16(2)24-22(27)17-10-12-19(28-3)13-11-17/h6-13,15-16H,4-5,14H2,1-3H3,(H,24,27)(H,25,26). The van der Waals surface area contributed by atoms with Crippen LogP contribution in [0, 0.1) is 0 Å². The molecule has 0 radical (unpaired) electrons. The smallest absolute Gasteiger partial charge is 0.262 e. The second-order valence-electron chi connectivity index (χ2n) is 6.40. The van der Waals surface area contributed by atoms with E-state index in [1.165, 1.54) is 6.21 Å². The van der Waals surface area contributed by atoms with E-state index < -0.39 is 11.9 Å². The summed E-state index contributed by atoms with van der Waals surface area (Å²) in [6.45, 7) is 4.32. The monoisotopic (exact) mass is 397 g/mol. The average molecular weight is 397 g/mol. The summed E-state index contributed by atoms with van der Waals surface area (Å²) in [6, 6.07) is 13.3. The Morgan fingerprint density at radius 2 is 1.86 bits per heavy atom. The zero-order chi connectivity index (χ0) is 21.1. The summed E-state index contributed by atoms with van der Waals surface area (Å²) >= 11 is 0. The third-order valence-corrected chi connectivity index (χ3v) is 4.15. The number of nitrogens with one attached hydrogen (secondary N) is 2. The number of para-hydroxylation sites is 1. The van der Waals surface area contributed by atoms with Gasteiger partial charge in [0.2, 0.25) is 0 Å². The number of ether oxygens (including phenoxy) is 2. The number of nitrogens with zero attached hydrogens (tertiary/aromatic N) is 1. The first kappa shape index (κ1) is 21.9. The van der Waals surface area contributed by atoms with E-state index in [9.17, 15) is 9.59 Å². The summed E-state index contributed by atoms with van der Waals surface area (Å²) in [5, 5.41) is 6.62. The van der Waals surface area contributed by atoms with Crippen LogP contribution in [-0.4, -0.2) is 37.8 Å². The summed E-state index contributed by atoms with van der Waals surface area (Å²) in [5.41, 5.74) is 3.64. The van der Waals surface area contributed by atoms with Gasteiger partial charge < -0.3 is 14.8 Å². The summed E-state index contributed by atoms with van der Waals surface area (Å²) < 4.78 is 10.8. The van der Waals surface area contributed by atoms with Gasteiger partial charge in [0.1, 0.15) is 17.5 Å². The van der Waals surface area contributed by atoms with Gasteiger partial charge in [0.15, 0.2) is 0 Å². The van der Waals surface area contributed by atoms with Crippen LogP contribution in [0.3, 0.4) is 0 Å². The summed E-state index contributed by atoms with van der Waals surface area (Å²) in [7, 11) is 1.55. The van der Waals surface area contributed by atoms with Crippen LogP contribution in [0.5, 0.6) is 11.5 Å². The first-order valence-electron chi connectivity index (χ1n) is 9.54. The van der Waals surface area contributed by atoms with E-state index in [1.54, 1.807) is 38.3 Å². The number of hydrogen-bond acceptors (Lipinski definition) is 5. The van der Waals surface area contributed by atoms with Gasteiger partial charge in [-0.15, -0.1) is 0 Å². The van der Waals surface area contributed by atoms with E-state index in [-0.39, 0.29) is 5.91 Å². The number of rotatable bonds is 10. The topological polar surface area (TPSA) is 89.0 Å². The number of carbonyl (C=O) groups excluding carboxylic acids is 2. The van der Waals surface area contributed by atoms with Gasteiger partial charge in [-0.25, -0.2) is 5.43 Å². The molecule has 7 heteroatoms. The number of hydrogen-bond donors (Lipinski definition) is 2. The fourth-order valence-electron chi connectivity index (χ4n) is 2.40. The van der Waals surface area contributed by atoms with Crippen molar-refractivity contribution >= 4 is 18.0 Å². The molecular formula is C22H27N3O4. The van der Waals surface area contributed by atoms with Crippen molar-refractivity contribution in [3.8, 4) is 11.5 Å². The lowest BCUT2D eigenvalue weighted by atomic mass is 10.2. The van der Waals surface area contributed by atoms with Gasteiger partial charge in [0.25, 0.3) is 11.8 Å². The molecule has 154 valence electrons. The van der Waals surface area contributed by atoms with Crippen LogP contribution in [0.2, 0.25) is 0 Å². The normalized spacial score (nSPS) is 11.7. The number of amides is 2. The van der Waals surface area contributed by atoms with Crippen molar-refractivity contribution in [2.45, 2.75) is 32.7 Å². The molecule has 0 aliphatic carbocycles. The molecular weight excluding hydrogens is 370 g/mol. The SMILES string of the molecule is CCCCOc1ccccc1C=NNC(=O)C(C)NC(=O)c1ccc(OC)cc1. The number of unbranched alkanes of at least 4 members (excludes halogenated alkanes) is 1. The second kappa shape index (κ2) is 11.5. The van der Waals surface area contributed by atoms with Crippen LogP contribution < -0.4 is 20.2 Å². The van der Waals surface area contributed by atoms with Crippen LogP contribution in [0.4, 0.5) is 0 Å². The van der Waals surface area contributed by atoms with E-state index in [0.29, 0.717) is 23.7 Å². The molecule has 1 atom stereocenters. The molecule has 0 saturated heterocycles. The Kier molecular flexibility index (Phi) is 8.69. The van der Waals surface area contributed by atoms with Crippen LogP contribution in [0.15, 0.2) is 53.6 Å². The number of hydrazone groups is 1. The highest BCUT2D eigenvalue weighted by Crippen LogP contribution is 2.16. The molecule has 0 heterocycles. The number of carbonyl (C=O) groups is 2. The molecule has 7 nitrogen and oxygen atoms in total. The molecule has 0 spiro atoms. The Hall–Kier alpha value is -3.35. The Bertz CT molecular complexity index is 834. The molecule has 2 rings (SSSR count). The number of methoxy groups -OCH3 is 1. The molecule has 2 N–H and O–H groups in total. The van der Waals surface area contributed by atoms with Crippen LogP contribution >= 0.6 is 0 Å². The quantitative estimate of drug-likeness (QED) is 0.366. The third kappa shape index (κ3) is 6.95. The van der Waals surface area contributed by atoms with E-state index in [1.807, 2.05) is 24.3 Å². The van der Waals surface area contributed by atoms with Crippen LogP contribution in [0.1, 0.15) is 42.6 Å². The molecule has 0 aliphatic heterocycles. The largest absolute Gasteiger partial charge is 0.497 e. The fourth-order valence-corrected chi connectivity index (χ4v) is 2.40. The molecule has 2 aromatic carbocycles. The lowest BCUT2D eigenvalue weighted by Crippen LogP contribution is -2.43. The maximum atomic E-state index is 12.2. The highest BCUT2D eigenvalue weighted by Gasteiger charge is 2.16. The van der Waals surface area contributed by atoms with E-state index in [4.69, 9.17) is 9.47 Å². The molecule has 0 saturated carbocycles. The van der Waals surface area contributed by atoms with Gasteiger partial charge in [-0.1, -0.05) is 25.5 Å². The van der Waals surface area contributed by atoms with Gasteiger partial charge in [0, 0.05) is 11.1 Å². The molecule has 0 fully saturated rings. The van der Waals surface area contributed by atoms with Crippen molar-refractivity contribution < 1.29 is 19.1 Å². The lowest BCUT2D eigenvalue weighted by molar-refractivity contribution is -0.122. The predicted molar refractivity (Wildman–Crippen MR) is 113 cm³/mol. The molecule has 0 aromatic heterocycles. The van der Waals surface area contributed by atoms with E-state index in [2.05, 4.69) is 22.8 Å². The highest BCUT2D eigenvalue weighted by atomic mass is 16.5. The minimum absolute atomic E-state index is 0.353. The van der Waals surface area contributed by atoms with Gasteiger partial charge in [-0.05, 0) is 49.7 Å². The Labute approximate surface area is 171 Å².